The standard InChI is InChI=1S/C20H17ClN4O2.C2HF3O2/c1-27-19(26)14-7-13-6-5-12-3-2-4-15(8-12)24-20-22-11-17(21)18(25-20)23-16(9-13)10-14;3-2(4,5)1(6)7/h2-4,7-11H,5-6H2,1H3,(H2,22,23,24,25);(H,6,7). The highest BCUT2D eigenvalue weighted by atomic mass is 35.5. The topological polar surface area (TPSA) is 113 Å². The summed E-state index contributed by atoms with van der Waals surface area (Å²) in [6.45, 7) is 0. The van der Waals surface area contributed by atoms with Crippen LogP contribution in [0.1, 0.15) is 21.5 Å². The lowest BCUT2D eigenvalue weighted by Gasteiger charge is -2.12. The number of anilines is 4. The molecule has 12 heteroatoms. The number of carboxylic acid groups (broad SMARTS) is 1. The first kappa shape index (κ1) is 24.8. The molecule has 8 nitrogen and oxygen atoms in total. The number of aryl methyl sites for hydroxylation is 2. The van der Waals surface area contributed by atoms with Crippen molar-refractivity contribution in [1.82, 2.24) is 9.97 Å². The number of hydrogen-bond acceptors (Lipinski definition) is 7. The highest BCUT2D eigenvalue weighted by Crippen LogP contribution is 2.28. The van der Waals surface area contributed by atoms with Gasteiger partial charge in [-0.25, -0.2) is 14.6 Å². The molecular formula is C22H18ClF3N4O4. The van der Waals surface area contributed by atoms with Crippen LogP contribution in [0.3, 0.4) is 0 Å². The van der Waals surface area contributed by atoms with Gasteiger partial charge in [0.25, 0.3) is 0 Å². The number of carboxylic acids is 1. The van der Waals surface area contributed by atoms with Gasteiger partial charge in [-0.05, 0) is 54.3 Å². The molecule has 0 saturated heterocycles. The zero-order chi connectivity index (χ0) is 24.9. The van der Waals surface area contributed by atoms with Gasteiger partial charge in [0.05, 0.1) is 18.9 Å². The number of aromatic nitrogens is 2. The average molecular weight is 495 g/mol. The van der Waals surface area contributed by atoms with Crippen molar-refractivity contribution in [3.8, 4) is 0 Å². The van der Waals surface area contributed by atoms with Gasteiger partial charge in [-0.2, -0.15) is 18.2 Å². The molecule has 0 unspecified atom stereocenters. The third kappa shape index (κ3) is 6.58. The molecule has 34 heavy (non-hydrogen) atoms. The van der Waals surface area contributed by atoms with Gasteiger partial charge < -0.3 is 20.5 Å². The van der Waals surface area contributed by atoms with Gasteiger partial charge in [-0.3, -0.25) is 0 Å². The molecule has 0 saturated carbocycles. The molecule has 2 heterocycles. The molecule has 0 radical (unpaired) electrons. The van der Waals surface area contributed by atoms with E-state index in [1.165, 1.54) is 18.9 Å². The fraction of sp³-hybridized carbons (Fsp3) is 0.182. The van der Waals surface area contributed by atoms with Crippen LogP contribution in [0, 0.1) is 0 Å². The number of hydrogen-bond donors (Lipinski definition) is 3. The van der Waals surface area contributed by atoms with E-state index in [0.717, 1.165) is 24.1 Å². The highest BCUT2D eigenvalue weighted by molar-refractivity contribution is 6.32. The van der Waals surface area contributed by atoms with E-state index in [9.17, 15) is 18.0 Å². The number of nitrogens with zero attached hydrogens (tertiary/aromatic N) is 2. The number of rotatable bonds is 1. The Balaban J connectivity index is 0.000000406. The van der Waals surface area contributed by atoms with Gasteiger partial charge in [0.2, 0.25) is 5.95 Å². The zero-order valence-corrected chi connectivity index (χ0v) is 18.4. The lowest BCUT2D eigenvalue weighted by molar-refractivity contribution is -0.192. The van der Waals surface area contributed by atoms with E-state index in [4.69, 9.17) is 26.2 Å². The van der Waals surface area contributed by atoms with Crippen LogP contribution in [0.25, 0.3) is 0 Å². The van der Waals surface area contributed by atoms with E-state index in [-0.39, 0.29) is 5.97 Å². The number of esters is 1. The van der Waals surface area contributed by atoms with Crippen molar-refractivity contribution in [3.63, 3.8) is 0 Å². The van der Waals surface area contributed by atoms with Crippen LogP contribution in [-0.4, -0.2) is 40.3 Å². The Morgan fingerprint density at radius 3 is 2.41 bits per heavy atom. The van der Waals surface area contributed by atoms with Crippen LogP contribution in [-0.2, 0) is 22.4 Å². The summed E-state index contributed by atoms with van der Waals surface area (Å²) in [5.74, 6) is -2.25. The summed E-state index contributed by atoms with van der Waals surface area (Å²) in [7, 11) is 1.37. The molecule has 0 fully saturated rings. The second-order valence-electron chi connectivity index (χ2n) is 7.05. The molecule has 2 aromatic carbocycles. The molecule has 6 bridgehead atoms. The maximum Gasteiger partial charge on any atom is 0.490 e. The number of nitrogens with one attached hydrogen (secondary N) is 2. The third-order valence-corrected chi connectivity index (χ3v) is 4.83. The summed E-state index contributed by atoms with van der Waals surface area (Å²) in [5, 5.41) is 13.9. The number of halogens is 4. The van der Waals surface area contributed by atoms with Crippen molar-refractivity contribution in [2.75, 3.05) is 17.7 Å². The molecule has 0 spiro atoms. The Morgan fingerprint density at radius 2 is 1.74 bits per heavy atom. The largest absolute Gasteiger partial charge is 0.490 e. The summed E-state index contributed by atoms with van der Waals surface area (Å²) >= 11 is 6.26. The lowest BCUT2D eigenvalue weighted by atomic mass is 10.0. The molecule has 3 aromatic rings. The quantitative estimate of drug-likeness (QED) is 0.399. The van der Waals surface area contributed by atoms with E-state index < -0.39 is 12.1 Å². The van der Waals surface area contributed by atoms with Gasteiger partial charge in [-0.1, -0.05) is 23.7 Å². The van der Waals surface area contributed by atoms with Crippen LogP contribution in [0.2, 0.25) is 5.02 Å². The summed E-state index contributed by atoms with van der Waals surface area (Å²) in [6.07, 6.45) is -1.94. The average Bonchev–Trinajstić information content (AvgIpc) is 2.79. The number of benzene rings is 2. The van der Waals surface area contributed by atoms with E-state index in [2.05, 4.69) is 32.7 Å². The fourth-order valence-corrected chi connectivity index (χ4v) is 3.16. The zero-order valence-electron chi connectivity index (χ0n) is 17.6. The summed E-state index contributed by atoms with van der Waals surface area (Å²) < 4.78 is 36.6. The Kier molecular flexibility index (Phi) is 7.57. The second-order valence-corrected chi connectivity index (χ2v) is 7.46. The Bertz CT molecular complexity index is 1220. The number of carbonyl (C=O) groups excluding carboxylic acids is 1. The van der Waals surface area contributed by atoms with Gasteiger partial charge in [0.15, 0.2) is 5.82 Å². The molecule has 178 valence electrons. The molecule has 1 aliphatic rings. The molecule has 4 rings (SSSR count). The van der Waals surface area contributed by atoms with E-state index in [1.54, 1.807) is 6.07 Å². The lowest BCUT2D eigenvalue weighted by Crippen LogP contribution is -2.21. The summed E-state index contributed by atoms with van der Waals surface area (Å²) in [6, 6.07) is 13.6. The van der Waals surface area contributed by atoms with Crippen LogP contribution in [0.4, 0.5) is 36.3 Å². The maximum atomic E-state index is 12.1. The number of fused-ring (bicyclic) bond motifs is 6. The van der Waals surface area contributed by atoms with Crippen LogP contribution < -0.4 is 10.6 Å². The maximum absolute atomic E-state index is 12.1. The molecule has 0 amide bonds. The first-order chi connectivity index (χ1) is 16.0. The molecule has 0 atom stereocenters. The highest BCUT2D eigenvalue weighted by Gasteiger charge is 2.38. The van der Waals surface area contributed by atoms with Crippen molar-refractivity contribution >= 4 is 46.7 Å². The van der Waals surface area contributed by atoms with Crippen molar-refractivity contribution in [2.24, 2.45) is 0 Å². The van der Waals surface area contributed by atoms with Gasteiger partial charge in [-0.15, -0.1) is 0 Å². The number of aliphatic carboxylic acids is 1. The molecule has 1 aromatic heterocycles. The molecular weight excluding hydrogens is 477 g/mol. The monoisotopic (exact) mass is 494 g/mol. The van der Waals surface area contributed by atoms with Gasteiger partial charge in [0.1, 0.15) is 5.02 Å². The minimum atomic E-state index is -5.08. The Labute approximate surface area is 196 Å². The van der Waals surface area contributed by atoms with Crippen molar-refractivity contribution < 1.29 is 32.6 Å². The van der Waals surface area contributed by atoms with Gasteiger partial charge in [0, 0.05) is 11.4 Å². The van der Waals surface area contributed by atoms with Crippen molar-refractivity contribution in [2.45, 2.75) is 19.0 Å². The van der Waals surface area contributed by atoms with Crippen LogP contribution in [0.15, 0.2) is 48.7 Å². The van der Waals surface area contributed by atoms with Crippen molar-refractivity contribution in [1.29, 1.82) is 0 Å². The van der Waals surface area contributed by atoms with Gasteiger partial charge >= 0.3 is 18.1 Å². The molecule has 0 aliphatic carbocycles. The predicted molar refractivity (Wildman–Crippen MR) is 119 cm³/mol. The fourth-order valence-electron chi connectivity index (χ4n) is 3.02. The first-order valence-electron chi connectivity index (χ1n) is 9.73. The summed E-state index contributed by atoms with van der Waals surface area (Å²) in [5.41, 5.74) is 4.28. The minimum Gasteiger partial charge on any atom is -0.475 e. The number of ether oxygens (including phenoxy) is 1. The smallest absolute Gasteiger partial charge is 0.475 e. The summed E-state index contributed by atoms with van der Waals surface area (Å²) in [4.78, 5) is 29.6. The minimum absolute atomic E-state index is 0.384. The molecule has 1 aliphatic heterocycles. The second kappa shape index (κ2) is 10.4. The molecule has 3 N–H and O–H groups in total. The van der Waals surface area contributed by atoms with Crippen LogP contribution >= 0.6 is 11.6 Å². The predicted octanol–water partition coefficient (Wildman–Crippen LogP) is 5.14. The van der Waals surface area contributed by atoms with Crippen molar-refractivity contribution in [3.05, 3.63) is 70.4 Å². The Hall–Kier alpha value is -3.86. The number of methoxy groups -OCH3 is 1. The normalized spacial score (nSPS) is 12.3. The number of carbonyl (C=O) groups is 2. The number of alkyl halides is 3. The van der Waals surface area contributed by atoms with E-state index in [0.29, 0.717) is 28.0 Å². The first-order valence-corrected chi connectivity index (χ1v) is 10.1. The van der Waals surface area contributed by atoms with Crippen LogP contribution in [0.5, 0.6) is 0 Å². The van der Waals surface area contributed by atoms with E-state index >= 15 is 0 Å². The SMILES string of the molecule is COC(=O)c1cc2cc(c1)Nc1nc(ncc1Cl)Nc1cccc(c1)CC2.O=C(O)C(F)(F)F. The van der Waals surface area contributed by atoms with E-state index in [1.807, 2.05) is 24.3 Å². The Morgan fingerprint density at radius 1 is 1.06 bits per heavy atom. The third-order valence-electron chi connectivity index (χ3n) is 4.55.